The third kappa shape index (κ3) is 3.98. The predicted molar refractivity (Wildman–Crippen MR) is 85.2 cm³/mol. The highest BCUT2D eigenvalue weighted by molar-refractivity contribution is 7.22. The number of nitrogens with one attached hydrogen (secondary N) is 1. The first-order chi connectivity index (χ1) is 10.0. The van der Waals surface area contributed by atoms with Gasteiger partial charge in [0.25, 0.3) is 0 Å². The summed E-state index contributed by atoms with van der Waals surface area (Å²) in [6, 6.07) is 4.20. The Kier molecular flexibility index (Phi) is 5.25. The molecule has 1 amide bonds. The fourth-order valence-electron chi connectivity index (χ4n) is 1.96. The molecule has 1 atom stereocenters. The molecule has 1 N–H and O–H groups in total. The highest BCUT2D eigenvalue weighted by Crippen LogP contribution is 2.26. The summed E-state index contributed by atoms with van der Waals surface area (Å²) >= 11 is 1.29. The van der Waals surface area contributed by atoms with E-state index in [-0.39, 0.29) is 17.8 Å². The number of unbranched alkanes of at least 4 members (excludes halogenated alkanes) is 1. The number of likely N-dealkylation sites (N-methyl/N-ethyl adjacent to an activating group) is 1. The molecule has 0 spiro atoms. The molecule has 4 nitrogen and oxygen atoms in total. The normalized spacial score (nSPS) is 12.8. The summed E-state index contributed by atoms with van der Waals surface area (Å²) in [4.78, 5) is 18.5. The fourth-order valence-corrected chi connectivity index (χ4v) is 2.86. The van der Waals surface area contributed by atoms with E-state index in [0.717, 1.165) is 24.1 Å². The zero-order chi connectivity index (χ0) is 15.4. The highest BCUT2D eigenvalue weighted by Gasteiger charge is 2.19. The van der Waals surface area contributed by atoms with Crippen LogP contribution in [-0.2, 0) is 4.79 Å². The summed E-state index contributed by atoms with van der Waals surface area (Å²) in [5.74, 6) is -0.384. The number of hydrogen-bond acceptors (Lipinski definition) is 4. The quantitative estimate of drug-likeness (QED) is 0.888. The van der Waals surface area contributed by atoms with Gasteiger partial charge in [-0.1, -0.05) is 24.7 Å². The minimum absolute atomic E-state index is 0.0897. The van der Waals surface area contributed by atoms with Crippen molar-refractivity contribution in [1.29, 1.82) is 0 Å². The van der Waals surface area contributed by atoms with Crippen molar-refractivity contribution in [1.82, 2.24) is 9.88 Å². The summed E-state index contributed by atoms with van der Waals surface area (Å²) < 4.78 is 13.9. The van der Waals surface area contributed by atoms with Gasteiger partial charge in [-0.15, -0.1) is 0 Å². The van der Waals surface area contributed by atoms with Crippen molar-refractivity contribution in [3.63, 3.8) is 0 Å². The van der Waals surface area contributed by atoms with E-state index in [0.29, 0.717) is 10.6 Å². The van der Waals surface area contributed by atoms with Gasteiger partial charge in [-0.2, -0.15) is 0 Å². The second-order valence-electron chi connectivity index (χ2n) is 5.13. The summed E-state index contributed by atoms with van der Waals surface area (Å²) in [7, 11) is 1.94. The molecule has 21 heavy (non-hydrogen) atoms. The number of hydrogen-bond donors (Lipinski definition) is 1. The maximum atomic E-state index is 13.1. The Morgan fingerprint density at radius 1 is 1.52 bits per heavy atom. The monoisotopic (exact) mass is 309 g/mol. The number of carbonyl (C=O) groups excluding carboxylic acids is 1. The minimum Gasteiger partial charge on any atom is -0.301 e. The van der Waals surface area contributed by atoms with Gasteiger partial charge in [-0.05, 0) is 45.1 Å². The number of anilines is 1. The van der Waals surface area contributed by atoms with Crippen molar-refractivity contribution in [2.24, 2.45) is 0 Å². The molecule has 0 radical (unpaired) electrons. The average molecular weight is 309 g/mol. The highest BCUT2D eigenvalue weighted by atomic mass is 32.1. The molecule has 0 fully saturated rings. The van der Waals surface area contributed by atoms with Crippen molar-refractivity contribution < 1.29 is 9.18 Å². The predicted octanol–water partition coefficient (Wildman–Crippen LogP) is 3.49. The second-order valence-corrected chi connectivity index (χ2v) is 6.16. The molecule has 2 aromatic rings. The van der Waals surface area contributed by atoms with Gasteiger partial charge in [0.05, 0.1) is 16.3 Å². The summed E-state index contributed by atoms with van der Waals surface area (Å²) in [5.41, 5.74) is 0.698. The Labute approximate surface area is 128 Å². The number of thiazole rings is 1. The lowest BCUT2D eigenvalue weighted by atomic mass is 10.2. The summed E-state index contributed by atoms with van der Waals surface area (Å²) in [6.45, 7) is 4.88. The Morgan fingerprint density at radius 2 is 2.29 bits per heavy atom. The summed E-state index contributed by atoms with van der Waals surface area (Å²) in [5, 5.41) is 3.32. The molecule has 114 valence electrons. The molecule has 6 heteroatoms. The van der Waals surface area contributed by atoms with Crippen molar-refractivity contribution in [3.05, 3.63) is 24.0 Å². The molecule has 0 bridgehead atoms. The van der Waals surface area contributed by atoms with Gasteiger partial charge in [0, 0.05) is 0 Å². The maximum absolute atomic E-state index is 13.1. The molecule has 1 aromatic heterocycles. The van der Waals surface area contributed by atoms with Crippen LogP contribution in [0.3, 0.4) is 0 Å². The molecule has 0 aliphatic heterocycles. The van der Waals surface area contributed by atoms with Gasteiger partial charge < -0.3 is 5.32 Å². The van der Waals surface area contributed by atoms with E-state index < -0.39 is 0 Å². The lowest BCUT2D eigenvalue weighted by Crippen LogP contribution is -2.40. The molecular formula is C15H20FN3OS. The number of fused-ring (bicyclic) bond motifs is 1. The smallest absolute Gasteiger partial charge is 0.243 e. The van der Waals surface area contributed by atoms with Crippen LogP contribution < -0.4 is 5.32 Å². The third-order valence-electron chi connectivity index (χ3n) is 3.49. The molecule has 1 unspecified atom stereocenters. The Hall–Kier alpha value is -1.53. The van der Waals surface area contributed by atoms with Crippen molar-refractivity contribution in [2.75, 3.05) is 18.9 Å². The number of amides is 1. The first kappa shape index (κ1) is 15.9. The van der Waals surface area contributed by atoms with Gasteiger partial charge in [0.15, 0.2) is 5.13 Å². The largest absolute Gasteiger partial charge is 0.301 e. The first-order valence-electron chi connectivity index (χ1n) is 7.08. The molecule has 0 aliphatic carbocycles. The number of rotatable bonds is 6. The first-order valence-corrected chi connectivity index (χ1v) is 7.90. The number of benzene rings is 1. The van der Waals surface area contributed by atoms with Crippen molar-refractivity contribution in [2.45, 2.75) is 32.7 Å². The van der Waals surface area contributed by atoms with Crippen LogP contribution in [0.25, 0.3) is 10.2 Å². The molecule has 0 saturated heterocycles. The lowest BCUT2D eigenvalue weighted by molar-refractivity contribution is -0.120. The number of aromatic nitrogens is 1. The van der Waals surface area contributed by atoms with Crippen LogP contribution in [-0.4, -0.2) is 35.4 Å². The standard InChI is InChI=1S/C15H20FN3OS/c1-4-5-8-19(3)10(2)14(20)18-15-17-12-7-6-11(16)9-13(12)21-15/h6-7,9-10H,4-5,8H2,1-3H3,(H,17,18,20). The van der Waals surface area contributed by atoms with Gasteiger partial charge in [0.1, 0.15) is 5.82 Å². The third-order valence-corrected chi connectivity index (χ3v) is 4.42. The Balaban J connectivity index is 2.03. The number of carbonyl (C=O) groups is 1. The van der Waals surface area contributed by atoms with Crippen LogP contribution in [0, 0.1) is 5.82 Å². The van der Waals surface area contributed by atoms with Crippen molar-refractivity contribution in [3.8, 4) is 0 Å². The van der Waals surface area contributed by atoms with E-state index in [1.165, 1.54) is 23.5 Å². The van der Waals surface area contributed by atoms with E-state index in [4.69, 9.17) is 0 Å². The van der Waals surface area contributed by atoms with Gasteiger partial charge in [0.2, 0.25) is 5.91 Å². The Morgan fingerprint density at radius 3 is 3.00 bits per heavy atom. The average Bonchev–Trinajstić information content (AvgIpc) is 2.84. The van der Waals surface area contributed by atoms with Crippen LogP contribution in [0.2, 0.25) is 0 Å². The topological polar surface area (TPSA) is 45.2 Å². The van der Waals surface area contributed by atoms with Crippen LogP contribution in [0.4, 0.5) is 9.52 Å². The molecule has 1 heterocycles. The van der Waals surface area contributed by atoms with Crippen LogP contribution >= 0.6 is 11.3 Å². The zero-order valence-electron chi connectivity index (χ0n) is 12.5. The van der Waals surface area contributed by atoms with Gasteiger partial charge >= 0.3 is 0 Å². The van der Waals surface area contributed by atoms with Crippen molar-refractivity contribution >= 4 is 32.6 Å². The number of nitrogens with zero attached hydrogens (tertiary/aromatic N) is 2. The Bertz CT molecular complexity index is 628. The zero-order valence-corrected chi connectivity index (χ0v) is 13.3. The molecule has 1 aromatic carbocycles. The van der Waals surface area contributed by atoms with Crippen LogP contribution in [0.15, 0.2) is 18.2 Å². The minimum atomic E-state index is -0.295. The second kappa shape index (κ2) is 6.95. The lowest BCUT2D eigenvalue weighted by Gasteiger charge is -2.22. The molecule has 0 aliphatic rings. The molecule has 2 rings (SSSR count). The van der Waals surface area contributed by atoms with E-state index in [1.807, 2.05) is 18.9 Å². The van der Waals surface area contributed by atoms with Gasteiger partial charge in [-0.3, -0.25) is 9.69 Å². The van der Waals surface area contributed by atoms with Crippen LogP contribution in [0.5, 0.6) is 0 Å². The summed E-state index contributed by atoms with van der Waals surface area (Å²) in [6.07, 6.45) is 2.16. The van der Waals surface area contributed by atoms with E-state index in [9.17, 15) is 9.18 Å². The maximum Gasteiger partial charge on any atom is 0.243 e. The van der Waals surface area contributed by atoms with E-state index in [2.05, 4.69) is 17.2 Å². The van der Waals surface area contributed by atoms with E-state index in [1.54, 1.807) is 6.07 Å². The van der Waals surface area contributed by atoms with Crippen LogP contribution in [0.1, 0.15) is 26.7 Å². The van der Waals surface area contributed by atoms with Gasteiger partial charge in [-0.25, -0.2) is 9.37 Å². The number of halogens is 1. The molecule has 0 saturated carbocycles. The van der Waals surface area contributed by atoms with E-state index >= 15 is 0 Å². The molecular weight excluding hydrogens is 289 g/mol. The SMILES string of the molecule is CCCCN(C)C(C)C(=O)Nc1nc2ccc(F)cc2s1. The fraction of sp³-hybridized carbons (Fsp3) is 0.467.